The van der Waals surface area contributed by atoms with Crippen LogP contribution in [0, 0.1) is 0 Å². The van der Waals surface area contributed by atoms with Gasteiger partial charge < -0.3 is 9.16 Å². The quantitative estimate of drug-likeness (QED) is 0.468. The molecule has 0 amide bonds. The maximum atomic E-state index is 11.0. The van der Waals surface area contributed by atoms with Crippen LogP contribution in [0.4, 0.5) is 0 Å². The zero-order chi connectivity index (χ0) is 12.9. The highest BCUT2D eigenvalue weighted by atomic mass is 28.4. The molecule has 0 fully saturated rings. The van der Waals surface area contributed by atoms with E-state index in [0.29, 0.717) is 0 Å². The summed E-state index contributed by atoms with van der Waals surface area (Å²) in [5, 5.41) is 0. The molecule has 0 heterocycles. The van der Waals surface area contributed by atoms with Crippen molar-refractivity contribution in [3.05, 3.63) is 35.9 Å². The summed E-state index contributed by atoms with van der Waals surface area (Å²) in [5.41, 5.74) is 0.922. The van der Waals surface area contributed by atoms with E-state index in [1.165, 1.54) is 13.2 Å². The van der Waals surface area contributed by atoms with Crippen LogP contribution in [0.1, 0.15) is 5.56 Å². The predicted molar refractivity (Wildman–Crippen MR) is 71.5 cm³/mol. The number of hydrogen-bond acceptors (Lipinski definition) is 3. The van der Waals surface area contributed by atoms with Gasteiger partial charge in [0, 0.05) is 6.08 Å². The van der Waals surface area contributed by atoms with Crippen molar-refractivity contribution in [2.24, 2.45) is 0 Å². The fourth-order valence-corrected chi connectivity index (χ4v) is 2.10. The van der Waals surface area contributed by atoms with Crippen LogP contribution in [0.5, 0.6) is 5.75 Å². The summed E-state index contributed by atoms with van der Waals surface area (Å²) in [4.78, 5) is 11.0. The lowest BCUT2D eigenvalue weighted by Gasteiger charge is -2.19. The Morgan fingerprint density at radius 1 is 1.29 bits per heavy atom. The van der Waals surface area contributed by atoms with Gasteiger partial charge in [-0.15, -0.1) is 0 Å². The summed E-state index contributed by atoms with van der Waals surface area (Å²) in [5.74, 6) is 0.484. The van der Waals surface area contributed by atoms with E-state index in [0.717, 1.165) is 11.3 Å². The molecular weight excluding hydrogens is 232 g/mol. The van der Waals surface area contributed by atoms with Crippen LogP contribution in [-0.4, -0.2) is 21.4 Å². The second-order valence-corrected chi connectivity index (χ2v) is 9.07. The minimum Gasteiger partial charge on any atom is -0.544 e. The van der Waals surface area contributed by atoms with E-state index in [9.17, 15) is 4.79 Å². The molecule has 0 saturated heterocycles. The molecule has 0 spiro atoms. The first-order valence-electron chi connectivity index (χ1n) is 5.46. The molecule has 0 aliphatic carbocycles. The Bertz CT molecular complexity index is 419. The lowest BCUT2D eigenvalue weighted by atomic mass is 10.2. The molecule has 0 radical (unpaired) electrons. The van der Waals surface area contributed by atoms with Crippen LogP contribution in [0.25, 0.3) is 6.08 Å². The van der Waals surface area contributed by atoms with E-state index < -0.39 is 8.32 Å². The highest BCUT2D eigenvalue weighted by molar-refractivity contribution is 6.70. The summed E-state index contributed by atoms with van der Waals surface area (Å²) in [6, 6.07) is 7.66. The van der Waals surface area contributed by atoms with Crippen LogP contribution in [0.2, 0.25) is 19.6 Å². The molecule has 0 aliphatic rings. The monoisotopic (exact) mass is 250 g/mol. The Hall–Kier alpha value is -1.55. The molecule has 1 aromatic rings. The molecule has 0 bridgehead atoms. The highest BCUT2D eigenvalue weighted by Crippen LogP contribution is 2.18. The van der Waals surface area contributed by atoms with Gasteiger partial charge in [-0.05, 0) is 43.4 Å². The van der Waals surface area contributed by atoms with Gasteiger partial charge >= 0.3 is 5.97 Å². The first-order valence-corrected chi connectivity index (χ1v) is 8.87. The Morgan fingerprint density at radius 2 is 2.00 bits per heavy atom. The van der Waals surface area contributed by atoms with Crippen molar-refractivity contribution >= 4 is 20.4 Å². The van der Waals surface area contributed by atoms with E-state index in [1.807, 2.05) is 24.3 Å². The predicted octanol–water partition coefficient (Wildman–Crippen LogP) is 3.09. The van der Waals surface area contributed by atoms with Crippen LogP contribution < -0.4 is 4.43 Å². The molecular formula is C13H18O3Si. The van der Waals surface area contributed by atoms with Crippen molar-refractivity contribution in [1.29, 1.82) is 0 Å². The molecule has 0 atom stereocenters. The number of rotatable bonds is 4. The molecule has 0 unspecified atom stereocenters. The van der Waals surface area contributed by atoms with Crippen molar-refractivity contribution < 1.29 is 14.0 Å². The van der Waals surface area contributed by atoms with Gasteiger partial charge in [0.25, 0.3) is 0 Å². The normalized spacial score (nSPS) is 11.5. The molecule has 1 aromatic carbocycles. The fraction of sp³-hybridized carbons (Fsp3) is 0.308. The zero-order valence-corrected chi connectivity index (χ0v) is 11.7. The van der Waals surface area contributed by atoms with Crippen molar-refractivity contribution in [3.63, 3.8) is 0 Å². The minimum absolute atomic E-state index is 0.360. The average molecular weight is 250 g/mol. The van der Waals surface area contributed by atoms with E-state index in [2.05, 4.69) is 24.4 Å². The van der Waals surface area contributed by atoms with E-state index >= 15 is 0 Å². The standard InChI is InChI=1S/C13H18O3Si/c1-15-13(14)9-8-11-6-5-7-12(10-11)16-17(2,3)4/h5-10H,1-4H3. The second kappa shape index (κ2) is 5.68. The lowest BCUT2D eigenvalue weighted by molar-refractivity contribution is -0.134. The third-order valence-electron chi connectivity index (χ3n) is 1.90. The Kier molecular flexibility index (Phi) is 4.51. The second-order valence-electron chi connectivity index (χ2n) is 4.64. The van der Waals surface area contributed by atoms with Gasteiger partial charge in [0.1, 0.15) is 5.75 Å². The number of esters is 1. The van der Waals surface area contributed by atoms with Crippen LogP contribution >= 0.6 is 0 Å². The van der Waals surface area contributed by atoms with Crippen molar-refractivity contribution in [2.45, 2.75) is 19.6 Å². The largest absolute Gasteiger partial charge is 0.544 e. The summed E-state index contributed by atoms with van der Waals surface area (Å²) in [6.45, 7) is 6.39. The lowest BCUT2D eigenvalue weighted by Crippen LogP contribution is -2.29. The molecule has 0 aromatic heterocycles. The molecule has 0 N–H and O–H groups in total. The topological polar surface area (TPSA) is 35.5 Å². The summed E-state index contributed by atoms with van der Waals surface area (Å²) in [6.07, 6.45) is 3.11. The van der Waals surface area contributed by atoms with Crippen LogP contribution in [0.15, 0.2) is 30.3 Å². The first-order chi connectivity index (χ1) is 7.90. The van der Waals surface area contributed by atoms with Crippen molar-refractivity contribution in [1.82, 2.24) is 0 Å². The minimum atomic E-state index is -1.59. The number of methoxy groups -OCH3 is 1. The average Bonchev–Trinajstić information content (AvgIpc) is 2.24. The van der Waals surface area contributed by atoms with Crippen LogP contribution in [-0.2, 0) is 9.53 Å². The molecule has 0 aliphatic heterocycles. The van der Waals surface area contributed by atoms with Gasteiger partial charge in [0.15, 0.2) is 0 Å². The van der Waals surface area contributed by atoms with E-state index in [4.69, 9.17) is 4.43 Å². The summed E-state index contributed by atoms with van der Waals surface area (Å²) >= 11 is 0. The van der Waals surface area contributed by atoms with E-state index in [-0.39, 0.29) is 5.97 Å². The fourth-order valence-electron chi connectivity index (χ4n) is 1.27. The molecule has 3 nitrogen and oxygen atoms in total. The van der Waals surface area contributed by atoms with Crippen molar-refractivity contribution in [3.8, 4) is 5.75 Å². The summed E-state index contributed by atoms with van der Waals surface area (Å²) in [7, 11) is -0.230. The maximum Gasteiger partial charge on any atom is 0.330 e. The SMILES string of the molecule is COC(=O)C=Cc1cccc(O[Si](C)(C)C)c1. The van der Waals surface area contributed by atoms with Gasteiger partial charge in [-0.1, -0.05) is 12.1 Å². The van der Waals surface area contributed by atoms with Crippen LogP contribution in [0.3, 0.4) is 0 Å². The maximum absolute atomic E-state index is 11.0. The summed E-state index contributed by atoms with van der Waals surface area (Å²) < 4.78 is 10.4. The molecule has 17 heavy (non-hydrogen) atoms. The first kappa shape index (κ1) is 13.5. The molecule has 4 heteroatoms. The third kappa shape index (κ3) is 5.35. The number of ether oxygens (including phenoxy) is 1. The number of carbonyl (C=O) groups excluding carboxylic acids is 1. The van der Waals surface area contributed by atoms with Gasteiger partial charge in [-0.25, -0.2) is 4.79 Å². The highest BCUT2D eigenvalue weighted by Gasteiger charge is 2.15. The van der Waals surface area contributed by atoms with Gasteiger partial charge in [0.05, 0.1) is 7.11 Å². The molecule has 1 rings (SSSR count). The molecule has 92 valence electrons. The smallest absolute Gasteiger partial charge is 0.330 e. The Balaban J connectivity index is 2.79. The van der Waals surface area contributed by atoms with Gasteiger partial charge in [-0.2, -0.15) is 0 Å². The third-order valence-corrected chi connectivity index (χ3v) is 2.74. The Morgan fingerprint density at radius 3 is 2.59 bits per heavy atom. The van der Waals surface area contributed by atoms with Crippen molar-refractivity contribution in [2.75, 3.05) is 7.11 Å². The number of carbonyl (C=O) groups is 1. The van der Waals surface area contributed by atoms with E-state index in [1.54, 1.807) is 6.08 Å². The number of hydrogen-bond donors (Lipinski definition) is 0. The Labute approximate surface area is 103 Å². The molecule has 0 saturated carbocycles. The van der Waals surface area contributed by atoms with Gasteiger partial charge in [0.2, 0.25) is 8.32 Å². The zero-order valence-electron chi connectivity index (χ0n) is 10.7. The van der Waals surface area contributed by atoms with Gasteiger partial charge in [-0.3, -0.25) is 0 Å². The number of benzene rings is 1.